The van der Waals surface area contributed by atoms with E-state index >= 15 is 0 Å². The van der Waals surface area contributed by atoms with Crippen molar-refractivity contribution < 1.29 is 29.6 Å². The summed E-state index contributed by atoms with van der Waals surface area (Å²) in [5.74, 6) is -0.703. The van der Waals surface area contributed by atoms with E-state index in [-0.39, 0.29) is 30.3 Å². The smallest absolute Gasteiger partial charge is 0.242 e. The molecule has 0 aromatic rings. The van der Waals surface area contributed by atoms with Crippen LogP contribution in [-0.4, -0.2) is 57.7 Å². The van der Waals surface area contributed by atoms with Gasteiger partial charge in [-0.15, -0.1) is 0 Å². The maximum atomic E-state index is 12.1. The lowest BCUT2D eigenvalue weighted by Crippen LogP contribution is -2.52. The zero-order chi connectivity index (χ0) is 20.6. The molecule has 2 amide bonds. The van der Waals surface area contributed by atoms with Gasteiger partial charge in [-0.25, -0.2) is 0 Å². The lowest BCUT2D eigenvalue weighted by molar-refractivity contribution is -0.129. The number of carbonyl (C=O) groups excluding carboxylic acids is 2. The Morgan fingerprint density at radius 3 is 2.21 bits per heavy atom. The van der Waals surface area contributed by atoms with Gasteiger partial charge in [-0.1, -0.05) is 33.1 Å². The summed E-state index contributed by atoms with van der Waals surface area (Å²) in [4.78, 5) is 33.7. The van der Waals surface area contributed by atoms with Crippen molar-refractivity contribution in [1.82, 2.24) is 10.6 Å². The van der Waals surface area contributed by atoms with Crippen molar-refractivity contribution in [3.05, 3.63) is 0 Å². The molecule has 1 fully saturated rings. The fourth-order valence-corrected chi connectivity index (χ4v) is 4.67. The van der Waals surface area contributed by atoms with Crippen LogP contribution in [0.4, 0.5) is 0 Å². The highest BCUT2D eigenvalue weighted by Gasteiger charge is 2.30. The number of hydrogen-bond acceptors (Lipinski definition) is 5. The highest BCUT2D eigenvalue weighted by molar-refractivity contribution is 7.38. The summed E-state index contributed by atoms with van der Waals surface area (Å²) in [5.41, 5.74) is 5.34. The van der Waals surface area contributed by atoms with Gasteiger partial charge in [-0.05, 0) is 38.0 Å². The molecule has 0 aliphatic heterocycles. The van der Waals surface area contributed by atoms with E-state index in [1.807, 2.05) is 13.8 Å². The zero-order valence-electron chi connectivity index (χ0n) is 17.1. The number of nitrogens with one attached hydrogen (secondary N) is 2. The molecule has 10 heteroatoms. The van der Waals surface area contributed by atoms with E-state index in [2.05, 4.69) is 10.6 Å². The third kappa shape index (κ3) is 9.01. The van der Waals surface area contributed by atoms with Crippen LogP contribution in [0.25, 0.3) is 0 Å². The highest BCUT2D eigenvalue weighted by Crippen LogP contribution is 2.40. The third-order valence-corrected chi connectivity index (χ3v) is 6.69. The minimum Gasteiger partial charge on any atom is -0.412 e. The monoisotopic (exact) mass is 423 g/mol. The number of rotatable bonds is 10. The van der Waals surface area contributed by atoms with Crippen LogP contribution >= 0.6 is 8.03 Å². The molecule has 1 saturated carbocycles. The lowest BCUT2D eigenvalue weighted by atomic mass is 9.85. The van der Waals surface area contributed by atoms with Crippen LogP contribution in [0.1, 0.15) is 59.3 Å². The van der Waals surface area contributed by atoms with Crippen molar-refractivity contribution in [2.24, 2.45) is 17.6 Å². The van der Waals surface area contributed by atoms with Gasteiger partial charge in [0.2, 0.25) is 11.8 Å². The molecule has 1 aliphatic rings. The molecule has 2 unspecified atom stereocenters. The fourth-order valence-electron chi connectivity index (χ4n) is 3.46. The predicted molar refractivity (Wildman–Crippen MR) is 109 cm³/mol. The van der Waals surface area contributed by atoms with Crippen LogP contribution in [0.5, 0.6) is 0 Å². The molecule has 1 rings (SSSR count). The maximum Gasteiger partial charge on any atom is 0.242 e. The van der Waals surface area contributed by atoms with Crippen LogP contribution in [0.3, 0.4) is 0 Å². The first-order valence-electron chi connectivity index (χ1n) is 9.88. The summed E-state index contributed by atoms with van der Waals surface area (Å²) in [6, 6.07) is -1.47. The second kappa shape index (κ2) is 13.3. The molecule has 166 valence electrons. The molecule has 0 aromatic heterocycles. The van der Waals surface area contributed by atoms with E-state index in [9.17, 15) is 24.2 Å². The minimum absolute atomic E-state index is 0. The van der Waals surface area contributed by atoms with Gasteiger partial charge in [0.1, 0.15) is 6.04 Å². The van der Waals surface area contributed by atoms with Gasteiger partial charge < -0.3 is 31.8 Å². The molecule has 0 saturated heterocycles. The molecular formula is C18H38N3O6P. The van der Waals surface area contributed by atoms with Crippen molar-refractivity contribution in [3.63, 3.8) is 0 Å². The summed E-state index contributed by atoms with van der Waals surface area (Å²) in [5, 5.41) is 15.4. The second-order valence-electron chi connectivity index (χ2n) is 7.98. The van der Waals surface area contributed by atoms with E-state index in [0.717, 1.165) is 32.1 Å². The molecular weight excluding hydrogens is 385 g/mol. The first-order chi connectivity index (χ1) is 12.6. The van der Waals surface area contributed by atoms with Crippen molar-refractivity contribution >= 4 is 19.8 Å². The highest BCUT2D eigenvalue weighted by atomic mass is 31.1. The molecule has 9 nitrogen and oxygen atoms in total. The van der Waals surface area contributed by atoms with Gasteiger partial charge in [-0.2, -0.15) is 0 Å². The van der Waals surface area contributed by atoms with E-state index in [1.165, 1.54) is 0 Å². The Bertz CT molecular complexity index is 514. The van der Waals surface area contributed by atoms with Gasteiger partial charge in [0.05, 0.1) is 12.1 Å². The van der Waals surface area contributed by atoms with Crippen LogP contribution in [0.2, 0.25) is 0 Å². The average Bonchev–Trinajstić information content (AvgIpc) is 2.63. The zero-order valence-corrected chi connectivity index (χ0v) is 18.1. The van der Waals surface area contributed by atoms with Crippen molar-refractivity contribution in [2.75, 3.05) is 6.54 Å². The van der Waals surface area contributed by atoms with E-state index in [1.54, 1.807) is 6.92 Å². The van der Waals surface area contributed by atoms with Crippen LogP contribution in [0, 0.1) is 11.8 Å². The number of amides is 2. The second-order valence-corrected chi connectivity index (χ2v) is 9.40. The summed E-state index contributed by atoms with van der Waals surface area (Å²) < 4.78 is 11.7. The average molecular weight is 423 g/mol. The van der Waals surface area contributed by atoms with E-state index in [4.69, 9.17) is 5.73 Å². The quantitative estimate of drug-likeness (QED) is 0.308. The standard InChI is InChI=1S/C18H36N3O5P.H2O/c1-11(2)16(19)18(24)21-12(3)17(23)20-10-14(22)9-15(27(25)26)13-7-5-4-6-8-13;/h11-16,22,27H,4-10,19H2,1-3H3,(H,20,23)(H,21,24)(H,25,26);1H2/t12-,14-,15?,16+;/m1./s1. The van der Waals surface area contributed by atoms with Gasteiger partial charge in [0.15, 0.2) is 8.03 Å². The molecule has 0 bridgehead atoms. The summed E-state index contributed by atoms with van der Waals surface area (Å²) in [7, 11) is -2.75. The first-order valence-corrected chi connectivity index (χ1v) is 11.3. The van der Waals surface area contributed by atoms with Gasteiger partial charge in [0, 0.05) is 12.2 Å². The molecule has 0 heterocycles. The molecule has 0 spiro atoms. The SMILES string of the molecule is CC(C)[C@H](N)C(=O)N[C@H](C)C(=O)NC[C@H](O)CC(C1CCCCC1)[PH](=O)O.O. The van der Waals surface area contributed by atoms with Crippen molar-refractivity contribution in [1.29, 1.82) is 0 Å². The molecule has 5 atom stereocenters. The van der Waals surface area contributed by atoms with Gasteiger partial charge >= 0.3 is 0 Å². The molecule has 28 heavy (non-hydrogen) atoms. The first kappa shape index (κ1) is 27.0. The van der Waals surface area contributed by atoms with Crippen LogP contribution < -0.4 is 16.4 Å². The summed E-state index contributed by atoms with van der Waals surface area (Å²) >= 11 is 0. The van der Waals surface area contributed by atoms with E-state index < -0.39 is 43.7 Å². The third-order valence-electron chi connectivity index (χ3n) is 5.35. The van der Waals surface area contributed by atoms with Crippen molar-refractivity contribution in [2.45, 2.75) is 83.1 Å². The van der Waals surface area contributed by atoms with Gasteiger partial charge in [0.25, 0.3) is 0 Å². The Hall–Kier alpha value is -0.990. The van der Waals surface area contributed by atoms with Crippen molar-refractivity contribution in [3.8, 4) is 0 Å². The van der Waals surface area contributed by atoms with Crippen LogP contribution in [0.15, 0.2) is 0 Å². The fraction of sp³-hybridized carbons (Fsp3) is 0.889. The number of aliphatic hydroxyl groups excluding tert-OH is 1. The Kier molecular flexibility index (Phi) is 12.8. The number of aliphatic hydroxyl groups is 1. The summed E-state index contributed by atoms with van der Waals surface area (Å²) in [6.45, 7) is 5.17. The number of hydrogen-bond donors (Lipinski definition) is 5. The topological polar surface area (TPSA) is 173 Å². The van der Waals surface area contributed by atoms with Crippen LogP contribution in [-0.2, 0) is 14.2 Å². The Morgan fingerprint density at radius 2 is 1.71 bits per heavy atom. The summed E-state index contributed by atoms with van der Waals surface area (Å²) in [6.07, 6.45) is 4.39. The largest absolute Gasteiger partial charge is 0.412 e. The number of carbonyl (C=O) groups is 2. The number of nitrogens with two attached hydrogens (primary N) is 1. The Balaban J connectivity index is 0.00000729. The molecule has 0 radical (unpaired) electrons. The Labute approximate surface area is 168 Å². The predicted octanol–water partition coefficient (Wildman–Crippen LogP) is -0.0672. The molecule has 1 aliphatic carbocycles. The molecule has 0 aromatic carbocycles. The molecule has 8 N–H and O–H groups in total. The van der Waals surface area contributed by atoms with E-state index in [0.29, 0.717) is 0 Å². The van der Waals surface area contributed by atoms with Gasteiger partial charge in [-0.3, -0.25) is 14.2 Å². The lowest BCUT2D eigenvalue weighted by Gasteiger charge is -2.30. The normalized spacial score (nSPS) is 20.4. The minimum atomic E-state index is -2.75. The Morgan fingerprint density at radius 1 is 1.14 bits per heavy atom. The maximum absolute atomic E-state index is 12.1.